The third-order valence-electron chi connectivity index (χ3n) is 5.33. The molecule has 0 saturated carbocycles. The summed E-state index contributed by atoms with van der Waals surface area (Å²) in [6.45, 7) is 0.693. The van der Waals surface area contributed by atoms with Crippen LogP contribution in [0.2, 0.25) is 0 Å². The smallest absolute Gasteiger partial charge is 0.232 e. The van der Waals surface area contributed by atoms with Gasteiger partial charge in [-0.25, -0.2) is 22.0 Å². The molecule has 4 nitrogen and oxygen atoms in total. The van der Waals surface area contributed by atoms with Crippen molar-refractivity contribution >= 4 is 17.5 Å². The molecule has 176 valence electrons. The van der Waals surface area contributed by atoms with E-state index in [2.05, 4.69) is 0 Å². The number of nitrogens with zero attached hydrogens (tertiary/aromatic N) is 1. The number of ether oxygens (including phenoxy) is 2. The predicted molar refractivity (Wildman–Crippen MR) is 115 cm³/mol. The van der Waals surface area contributed by atoms with Crippen molar-refractivity contribution < 1.29 is 36.2 Å². The number of Topliss-reactive ketones (excluding diaryl/α,β-unsaturated/α-hetero) is 1. The maximum absolute atomic E-state index is 13.9. The first kappa shape index (κ1) is 23.3. The zero-order chi connectivity index (χ0) is 24.7. The van der Waals surface area contributed by atoms with Crippen molar-refractivity contribution in [2.24, 2.45) is 0 Å². The summed E-state index contributed by atoms with van der Waals surface area (Å²) in [5.74, 6) is -10.4. The zero-order valence-corrected chi connectivity index (χ0v) is 18.3. The molecule has 0 bridgehead atoms. The van der Waals surface area contributed by atoms with E-state index in [0.29, 0.717) is 11.1 Å². The highest BCUT2D eigenvalue weighted by atomic mass is 19.2. The fourth-order valence-electron chi connectivity index (χ4n) is 3.51. The fraction of sp³-hybridized carbons (Fsp3) is 0.160. The van der Waals surface area contributed by atoms with Crippen LogP contribution in [0.15, 0.2) is 42.2 Å². The second-order valence-corrected chi connectivity index (χ2v) is 7.88. The van der Waals surface area contributed by atoms with Crippen LogP contribution in [0.3, 0.4) is 0 Å². The largest absolute Gasteiger partial charge is 0.489 e. The molecule has 0 unspecified atom stereocenters. The van der Waals surface area contributed by atoms with Crippen LogP contribution in [0.4, 0.5) is 27.6 Å². The maximum Gasteiger partial charge on any atom is 0.232 e. The minimum absolute atomic E-state index is 0.0320. The van der Waals surface area contributed by atoms with Gasteiger partial charge in [-0.05, 0) is 42.3 Å². The highest BCUT2D eigenvalue weighted by molar-refractivity contribution is 6.15. The topological polar surface area (TPSA) is 38.8 Å². The molecule has 34 heavy (non-hydrogen) atoms. The molecule has 0 atom stereocenters. The number of rotatable bonds is 5. The molecule has 0 saturated heterocycles. The molecule has 9 heteroatoms. The molecule has 3 aromatic carbocycles. The first-order chi connectivity index (χ1) is 16.1. The van der Waals surface area contributed by atoms with Gasteiger partial charge in [0, 0.05) is 25.8 Å². The average molecular weight is 475 g/mol. The molecule has 1 aliphatic heterocycles. The summed E-state index contributed by atoms with van der Waals surface area (Å²) < 4.78 is 78.8. The van der Waals surface area contributed by atoms with Crippen molar-refractivity contribution in [2.45, 2.75) is 13.5 Å². The minimum Gasteiger partial charge on any atom is -0.489 e. The van der Waals surface area contributed by atoms with Crippen molar-refractivity contribution in [2.75, 3.05) is 19.0 Å². The van der Waals surface area contributed by atoms with E-state index in [0.717, 1.165) is 11.3 Å². The zero-order valence-electron chi connectivity index (χ0n) is 18.3. The molecule has 0 aromatic heterocycles. The third kappa shape index (κ3) is 4.09. The van der Waals surface area contributed by atoms with E-state index in [1.54, 1.807) is 13.0 Å². The minimum atomic E-state index is -2.24. The number of hydrogen-bond acceptors (Lipinski definition) is 4. The molecule has 1 heterocycles. The van der Waals surface area contributed by atoms with Crippen LogP contribution in [0.1, 0.15) is 27.0 Å². The molecule has 1 aliphatic rings. The monoisotopic (exact) mass is 475 g/mol. The Kier molecular flexibility index (Phi) is 6.03. The van der Waals surface area contributed by atoms with E-state index in [1.165, 1.54) is 12.1 Å². The first-order valence-electron chi connectivity index (χ1n) is 10.1. The molecule has 0 radical (unpaired) electrons. The molecule has 0 aliphatic carbocycles. The van der Waals surface area contributed by atoms with E-state index in [9.17, 15) is 26.7 Å². The number of halogens is 5. The van der Waals surface area contributed by atoms with Gasteiger partial charge in [-0.2, -0.15) is 0 Å². The standard InChI is InChI=1S/C25H18F5NO3/c1-12-8-15(33-11-16-20(26)22(28)24(30)23(29)21(16)27)10-17-19(12)25(32)18(34-17)9-13-4-6-14(7-5-13)31(2)3/h4-10H,11H2,1-3H3/b18-9-. The van der Waals surface area contributed by atoms with Crippen molar-refractivity contribution in [3.05, 3.63) is 93.5 Å². The second-order valence-electron chi connectivity index (χ2n) is 7.88. The average Bonchev–Trinajstić information content (AvgIpc) is 3.12. The van der Waals surface area contributed by atoms with Gasteiger partial charge in [-0.15, -0.1) is 0 Å². The highest BCUT2D eigenvalue weighted by Gasteiger charge is 2.30. The van der Waals surface area contributed by atoms with E-state index in [4.69, 9.17) is 9.47 Å². The van der Waals surface area contributed by atoms with Crippen molar-refractivity contribution in [3.8, 4) is 11.5 Å². The molecule has 0 fully saturated rings. The summed E-state index contributed by atoms with van der Waals surface area (Å²) in [5.41, 5.74) is 1.37. The number of allylic oxidation sites excluding steroid dienone is 1. The lowest BCUT2D eigenvalue weighted by Crippen LogP contribution is -2.10. The molecule has 0 spiro atoms. The Morgan fingerprint density at radius 2 is 1.50 bits per heavy atom. The molecular formula is C25H18F5NO3. The fourth-order valence-corrected chi connectivity index (χ4v) is 3.51. The van der Waals surface area contributed by atoms with Gasteiger partial charge < -0.3 is 14.4 Å². The summed E-state index contributed by atoms with van der Waals surface area (Å²) >= 11 is 0. The molecule has 4 rings (SSSR count). The van der Waals surface area contributed by atoms with Gasteiger partial charge in [0.1, 0.15) is 18.1 Å². The summed E-state index contributed by atoms with van der Waals surface area (Å²) in [6, 6.07) is 10.2. The number of benzene rings is 3. The Bertz CT molecular complexity index is 1300. The number of hydrogen-bond donors (Lipinski definition) is 0. The van der Waals surface area contributed by atoms with Crippen molar-refractivity contribution in [1.82, 2.24) is 0 Å². The number of fused-ring (bicyclic) bond motifs is 1. The summed E-state index contributed by atoms with van der Waals surface area (Å²) in [6.07, 6.45) is 1.58. The summed E-state index contributed by atoms with van der Waals surface area (Å²) in [4.78, 5) is 14.8. The molecule has 0 amide bonds. The Labute approximate surface area is 191 Å². The van der Waals surface area contributed by atoms with Crippen LogP contribution >= 0.6 is 0 Å². The number of ketones is 1. The van der Waals surface area contributed by atoms with Crippen molar-refractivity contribution in [1.29, 1.82) is 0 Å². The second kappa shape index (κ2) is 8.81. The number of aryl methyl sites for hydroxylation is 1. The van der Waals surface area contributed by atoms with Crippen LogP contribution in [0, 0.1) is 36.0 Å². The van der Waals surface area contributed by atoms with Crippen LogP contribution in [-0.2, 0) is 6.61 Å². The summed E-state index contributed by atoms with van der Waals surface area (Å²) in [7, 11) is 3.81. The summed E-state index contributed by atoms with van der Waals surface area (Å²) in [5, 5.41) is 0. The van der Waals surface area contributed by atoms with Crippen molar-refractivity contribution in [3.63, 3.8) is 0 Å². The first-order valence-corrected chi connectivity index (χ1v) is 10.1. The third-order valence-corrected chi connectivity index (χ3v) is 5.33. The van der Waals surface area contributed by atoms with Gasteiger partial charge in [0.25, 0.3) is 0 Å². The Morgan fingerprint density at radius 3 is 2.09 bits per heavy atom. The molecular weight excluding hydrogens is 457 g/mol. The lowest BCUT2D eigenvalue weighted by molar-refractivity contribution is 0.101. The van der Waals surface area contributed by atoms with Crippen LogP contribution < -0.4 is 14.4 Å². The van der Waals surface area contributed by atoms with E-state index in [1.807, 2.05) is 43.3 Å². The highest BCUT2D eigenvalue weighted by Crippen LogP contribution is 2.38. The normalized spacial score (nSPS) is 13.8. The Hall–Kier alpha value is -3.88. The van der Waals surface area contributed by atoms with Gasteiger partial charge in [0.2, 0.25) is 11.6 Å². The van der Waals surface area contributed by atoms with Gasteiger partial charge in [0.05, 0.1) is 11.1 Å². The van der Waals surface area contributed by atoms with E-state index < -0.39 is 41.3 Å². The van der Waals surface area contributed by atoms with E-state index in [-0.39, 0.29) is 23.0 Å². The van der Waals surface area contributed by atoms with Gasteiger partial charge in [0.15, 0.2) is 29.0 Å². The van der Waals surface area contributed by atoms with Crippen LogP contribution in [-0.4, -0.2) is 19.9 Å². The van der Waals surface area contributed by atoms with Gasteiger partial charge >= 0.3 is 0 Å². The van der Waals surface area contributed by atoms with Crippen LogP contribution in [0.25, 0.3) is 6.08 Å². The number of anilines is 1. The SMILES string of the molecule is Cc1cc(OCc2c(F)c(F)c(F)c(F)c2F)cc2c1C(=O)/C(=C/c1ccc(N(C)C)cc1)O2. The Morgan fingerprint density at radius 1 is 0.912 bits per heavy atom. The van der Waals surface area contributed by atoms with Crippen LogP contribution in [0.5, 0.6) is 11.5 Å². The Balaban J connectivity index is 1.58. The molecule has 0 N–H and O–H groups in total. The quantitative estimate of drug-likeness (QED) is 0.198. The van der Waals surface area contributed by atoms with E-state index >= 15 is 0 Å². The number of carbonyl (C=O) groups is 1. The van der Waals surface area contributed by atoms with Gasteiger partial charge in [-0.3, -0.25) is 4.79 Å². The lowest BCUT2D eigenvalue weighted by atomic mass is 10.0. The van der Waals surface area contributed by atoms with Gasteiger partial charge in [-0.1, -0.05) is 12.1 Å². The molecule has 3 aromatic rings. The predicted octanol–water partition coefficient (Wildman–Crippen LogP) is 5.95. The lowest BCUT2D eigenvalue weighted by Gasteiger charge is -2.12. The maximum atomic E-state index is 13.9. The number of carbonyl (C=O) groups excluding carboxylic acids is 1.